The minimum Gasteiger partial charge on any atom is -0.294 e. The molecule has 7 heteroatoms. The number of hydrogen-bond donors (Lipinski definition) is 1. The number of imide groups is 1. The first kappa shape index (κ1) is 12.9. The van der Waals surface area contributed by atoms with E-state index in [0.717, 1.165) is 4.31 Å². The average molecular weight is 246 g/mol. The SMILES string of the molecule is C=CCS(=O)(=O)N1CC(=O)NC(=O)C1CC. The summed E-state index contributed by atoms with van der Waals surface area (Å²) in [5, 5.41) is 2.11. The van der Waals surface area contributed by atoms with Crippen LogP contribution in [0, 0.1) is 0 Å². The fourth-order valence-corrected chi connectivity index (χ4v) is 3.00. The molecule has 0 spiro atoms. The molecule has 0 aliphatic carbocycles. The highest BCUT2D eigenvalue weighted by molar-refractivity contribution is 7.89. The lowest BCUT2D eigenvalue weighted by atomic mass is 10.2. The second kappa shape index (κ2) is 4.75. The molecule has 1 heterocycles. The van der Waals surface area contributed by atoms with Crippen LogP contribution in [-0.4, -0.2) is 42.9 Å². The molecule has 1 aliphatic rings. The van der Waals surface area contributed by atoms with Gasteiger partial charge in [0.1, 0.15) is 6.04 Å². The third kappa shape index (κ3) is 2.48. The summed E-state index contributed by atoms with van der Waals surface area (Å²) in [7, 11) is -3.63. The predicted octanol–water partition coefficient (Wildman–Crippen LogP) is -0.761. The third-order valence-electron chi connectivity index (χ3n) is 2.28. The standard InChI is InChI=1S/C9H14N2O4S/c1-3-5-16(14,15)11-6-8(12)10-9(13)7(11)4-2/h3,7H,1,4-6H2,2H3,(H,10,12,13). The van der Waals surface area contributed by atoms with Crippen LogP contribution in [0.3, 0.4) is 0 Å². The minimum atomic E-state index is -3.63. The van der Waals surface area contributed by atoms with Crippen LogP contribution >= 0.6 is 0 Å². The van der Waals surface area contributed by atoms with Gasteiger partial charge in [0.05, 0.1) is 12.3 Å². The maximum Gasteiger partial charge on any atom is 0.245 e. The summed E-state index contributed by atoms with van der Waals surface area (Å²) in [6.45, 7) is 4.72. The first-order valence-electron chi connectivity index (χ1n) is 4.86. The summed E-state index contributed by atoms with van der Waals surface area (Å²) in [6.07, 6.45) is 1.56. The first-order valence-corrected chi connectivity index (χ1v) is 6.47. The highest BCUT2D eigenvalue weighted by atomic mass is 32.2. The van der Waals surface area contributed by atoms with E-state index in [1.165, 1.54) is 6.08 Å². The molecule has 1 saturated heterocycles. The Labute approximate surface area is 94.4 Å². The second-order valence-electron chi connectivity index (χ2n) is 3.45. The summed E-state index contributed by atoms with van der Waals surface area (Å²) < 4.78 is 24.5. The zero-order valence-electron chi connectivity index (χ0n) is 8.97. The van der Waals surface area contributed by atoms with Gasteiger partial charge in [0.15, 0.2) is 0 Å². The molecule has 0 aromatic heterocycles. The van der Waals surface area contributed by atoms with E-state index in [1.807, 2.05) is 0 Å². The van der Waals surface area contributed by atoms with Gasteiger partial charge < -0.3 is 0 Å². The fraction of sp³-hybridized carbons (Fsp3) is 0.556. The number of rotatable bonds is 4. The van der Waals surface area contributed by atoms with E-state index in [-0.39, 0.29) is 12.3 Å². The van der Waals surface area contributed by atoms with Gasteiger partial charge in [-0.3, -0.25) is 14.9 Å². The van der Waals surface area contributed by atoms with Gasteiger partial charge in [-0.2, -0.15) is 4.31 Å². The minimum absolute atomic E-state index is 0.274. The van der Waals surface area contributed by atoms with Crippen molar-refractivity contribution in [2.45, 2.75) is 19.4 Å². The van der Waals surface area contributed by atoms with Gasteiger partial charge in [-0.15, -0.1) is 6.58 Å². The Kier molecular flexibility index (Phi) is 3.82. The summed E-state index contributed by atoms with van der Waals surface area (Å²) in [5.74, 6) is -1.43. The third-order valence-corrected chi connectivity index (χ3v) is 4.04. The van der Waals surface area contributed by atoms with Crippen LogP contribution in [0.2, 0.25) is 0 Å². The molecule has 0 aromatic carbocycles. The van der Waals surface area contributed by atoms with E-state index in [1.54, 1.807) is 6.92 Å². The Morgan fingerprint density at radius 1 is 1.56 bits per heavy atom. The van der Waals surface area contributed by atoms with Gasteiger partial charge in [0.25, 0.3) is 0 Å². The van der Waals surface area contributed by atoms with Crippen LogP contribution in [0.25, 0.3) is 0 Å². The number of nitrogens with one attached hydrogen (secondary N) is 1. The highest BCUT2D eigenvalue weighted by Gasteiger charge is 2.38. The maximum absolute atomic E-state index is 11.8. The Bertz CT molecular complexity index is 415. The smallest absolute Gasteiger partial charge is 0.245 e. The van der Waals surface area contributed by atoms with E-state index < -0.39 is 27.9 Å². The molecule has 1 aliphatic heterocycles. The summed E-state index contributed by atoms with van der Waals surface area (Å²) in [4.78, 5) is 22.6. The van der Waals surface area contributed by atoms with Crippen LogP contribution in [-0.2, 0) is 19.6 Å². The summed E-state index contributed by atoms with van der Waals surface area (Å²) >= 11 is 0. The molecule has 6 nitrogen and oxygen atoms in total. The zero-order chi connectivity index (χ0) is 12.3. The molecule has 2 amide bonds. The van der Waals surface area contributed by atoms with E-state index >= 15 is 0 Å². The normalized spacial score (nSPS) is 22.9. The Balaban J connectivity index is 3.03. The van der Waals surface area contributed by atoms with Crippen LogP contribution in [0.1, 0.15) is 13.3 Å². The molecule has 16 heavy (non-hydrogen) atoms. The maximum atomic E-state index is 11.8. The fourth-order valence-electron chi connectivity index (χ4n) is 1.57. The molecule has 1 N–H and O–H groups in total. The molecule has 1 rings (SSSR count). The van der Waals surface area contributed by atoms with Crippen molar-refractivity contribution in [1.29, 1.82) is 0 Å². The first-order chi connectivity index (χ1) is 7.42. The van der Waals surface area contributed by atoms with Crippen LogP contribution < -0.4 is 5.32 Å². The molecule has 1 fully saturated rings. The number of carbonyl (C=O) groups excluding carboxylic acids is 2. The number of hydrogen-bond acceptors (Lipinski definition) is 4. The lowest BCUT2D eigenvalue weighted by Gasteiger charge is -2.31. The van der Waals surface area contributed by atoms with Gasteiger partial charge >= 0.3 is 0 Å². The largest absolute Gasteiger partial charge is 0.294 e. The quantitative estimate of drug-likeness (QED) is 0.522. The van der Waals surface area contributed by atoms with Crippen molar-refractivity contribution in [3.8, 4) is 0 Å². The van der Waals surface area contributed by atoms with Crippen molar-refractivity contribution in [3.05, 3.63) is 12.7 Å². The summed E-state index contributed by atoms with van der Waals surface area (Å²) in [5.41, 5.74) is 0. The monoisotopic (exact) mass is 246 g/mol. The molecule has 1 atom stereocenters. The number of sulfonamides is 1. The Morgan fingerprint density at radius 2 is 2.19 bits per heavy atom. The molecule has 0 radical (unpaired) electrons. The molecule has 0 saturated carbocycles. The van der Waals surface area contributed by atoms with Crippen molar-refractivity contribution >= 4 is 21.8 Å². The number of nitrogens with zero attached hydrogens (tertiary/aromatic N) is 1. The number of carbonyl (C=O) groups is 2. The molecule has 0 bridgehead atoms. The van der Waals surface area contributed by atoms with Crippen LogP contribution in [0.15, 0.2) is 12.7 Å². The van der Waals surface area contributed by atoms with Gasteiger partial charge in [0, 0.05) is 0 Å². The molecule has 90 valence electrons. The lowest BCUT2D eigenvalue weighted by molar-refractivity contribution is -0.137. The molecular formula is C9H14N2O4S. The Hall–Kier alpha value is -1.21. The second-order valence-corrected chi connectivity index (χ2v) is 5.42. The van der Waals surface area contributed by atoms with Crippen LogP contribution in [0.5, 0.6) is 0 Å². The Morgan fingerprint density at radius 3 is 2.69 bits per heavy atom. The predicted molar refractivity (Wildman–Crippen MR) is 57.9 cm³/mol. The van der Waals surface area contributed by atoms with E-state index in [0.29, 0.717) is 6.42 Å². The van der Waals surface area contributed by atoms with Crippen molar-refractivity contribution in [2.24, 2.45) is 0 Å². The zero-order valence-corrected chi connectivity index (χ0v) is 9.79. The average Bonchev–Trinajstić information content (AvgIpc) is 2.16. The van der Waals surface area contributed by atoms with Crippen molar-refractivity contribution in [3.63, 3.8) is 0 Å². The van der Waals surface area contributed by atoms with Gasteiger partial charge in [-0.05, 0) is 6.42 Å². The topological polar surface area (TPSA) is 83.6 Å². The van der Waals surface area contributed by atoms with Crippen LogP contribution in [0.4, 0.5) is 0 Å². The van der Waals surface area contributed by atoms with Gasteiger partial charge in [-0.25, -0.2) is 8.42 Å². The van der Waals surface area contributed by atoms with E-state index in [2.05, 4.69) is 11.9 Å². The van der Waals surface area contributed by atoms with E-state index in [9.17, 15) is 18.0 Å². The van der Waals surface area contributed by atoms with Crippen molar-refractivity contribution in [1.82, 2.24) is 9.62 Å². The van der Waals surface area contributed by atoms with Crippen molar-refractivity contribution < 1.29 is 18.0 Å². The van der Waals surface area contributed by atoms with Crippen molar-refractivity contribution in [2.75, 3.05) is 12.3 Å². The van der Waals surface area contributed by atoms with Gasteiger partial charge in [-0.1, -0.05) is 13.0 Å². The van der Waals surface area contributed by atoms with E-state index in [4.69, 9.17) is 0 Å². The highest BCUT2D eigenvalue weighted by Crippen LogP contribution is 2.14. The lowest BCUT2D eigenvalue weighted by Crippen LogP contribution is -2.59. The van der Waals surface area contributed by atoms with Gasteiger partial charge in [0.2, 0.25) is 21.8 Å². The summed E-state index contributed by atoms with van der Waals surface area (Å²) in [6, 6.07) is -0.803. The molecule has 0 aromatic rings. The molecule has 1 unspecified atom stereocenters. The number of piperazine rings is 1. The molecular weight excluding hydrogens is 232 g/mol. The number of amides is 2.